The Bertz CT molecular complexity index is 3850. The molecular weight excluding hydrogens is 775 g/mol. The molecule has 0 N–H and O–H groups in total. The standard InChI is InChI=1S/C58H35NO2S/c1-2-10-45-37(9-1)25-34-51-56-44(13-8-17-53(56)61-58(45)51)38-21-29-42(30-22-38)59(41-27-19-36(20-28-41)40-26-33-49-48-12-4-6-18-54(48)62-55(49)35-40)43-31-23-39(24-32-43)46-14-7-15-50-47-11-3-5-16-52(47)60-57(46)50/h1-35H. The first-order chi connectivity index (χ1) is 30.7. The fourth-order valence-corrected chi connectivity index (χ4v) is 10.6. The van der Waals surface area contributed by atoms with Crippen LogP contribution >= 0.6 is 11.3 Å². The zero-order valence-electron chi connectivity index (χ0n) is 33.4. The molecule has 0 saturated carbocycles. The molecule has 0 aliphatic rings. The van der Waals surface area contributed by atoms with Crippen molar-refractivity contribution in [1.29, 1.82) is 0 Å². The minimum absolute atomic E-state index is 0.893. The van der Waals surface area contributed by atoms with Gasteiger partial charge in [0.05, 0.1) is 0 Å². The van der Waals surface area contributed by atoms with Crippen molar-refractivity contribution in [2.75, 3.05) is 4.90 Å². The predicted molar refractivity (Wildman–Crippen MR) is 262 cm³/mol. The highest BCUT2D eigenvalue weighted by Gasteiger charge is 2.18. The normalized spacial score (nSPS) is 11.9. The second-order valence-electron chi connectivity index (χ2n) is 16.0. The van der Waals surface area contributed by atoms with E-state index in [1.54, 1.807) is 0 Å². The van der Waals surface area contributed by atoms with Crippen molar-refractivity contribution in [3.8, 4) is 33.4 Å². The molecule has 13 rings (SSSR count). The first-order valence-electron chi connectivity index (χ1n) is 21.0. The van der Waals surface area contributed by atoms with Crippen LogP contribution in [0.3, 0.4) is 0 Å². The van der Waals surface area contributed by atoms with Crippen LogP contribution in [0.4, 0.5) is 17.1 Å². The third-order valence-electron chi connectivity index (χ3n) is 12.5. The van der Waals surface area contributed by atoms with Crippen LogP contribution in [0.1, 0.15) is 0 Å². The Morgan fingerprint density at radius 1 is 0.323 bits per heavy atom. The summed E-state index contributed by atoms with van der Waals surface area (Å²) in [4.78, 5) is 2.34. The van der Waals surface area contributed by atoms with Crippen molar-refractivity contribution >= 4 is 103 Å². The van der Waals surface area contributed by atoms with Gasteiger partial charge in [-0.3, -0.25) is 0 Å². The molecule has 0 amide bonds. The molecule has 3 nitrogen and oxygen atoms in total. The molecule has 0 fully saturated rings. The van der Waals surface area contributed by atoms with E-state index < -0.39 is 0 Å². The molecule has 3 heterocycles. The van der Waals surface area contributed by atoms with E-state index in [4.69, 9.17) is 8.83 Å². The molecule has 0 bridgehead atoms. The molecule has 0 radical (unpaired) electrons. The topological polar surface area (TPSA) is 29.5 Å². The van der Waals surface area contributed by atoms with Crippen LogP contribution in [-0.2, 0) is 0 Å². The van der Waals surface area contributed by atoms with Crippen LogP contribution in [0.5, 0.6) is 0 Å². The van der Waals surface area contributed by atoms with E-state index in [9.17, 15) is 0 Å². The van der Waals surface area contributed by atoms with E-state index in [0.717, 1.165) is 88.6 Å². The Morgan fingerprint density at radius 3 is 1.66 bits per heavy atom. The van der Waals surface area contributed by atoms with E-state index in [2.05, 4.69) is 205 Å². The number of benzene rings is 10. The van der Waals surface area contributed by atoms with Gasteiger partial charge in [-0.1, -0.05) is 146 Å². The van der Waals surface area contributed by atoms with Gasteiger partial charge in [0.2, 0.25) is 0 Å². The zero-order chi connectivity index (χ0) is 40.7. The molecule has 3 aromatic heterocycles. The Hall–Kier alpha value is -7.92. The van der Waals surface area contributed by atoms with E-state index in [1.807, 2.05) is 23.5 Å². The highest BCUT2D eigenvalue weighted by atomic mass is 32.1. The highest BCUT2D eigenvalue weighted by molar-refractivity contribution is 7.25. The molecule has 0 unspecified atom stereocenters. The molecule has 0 spiro atoms. The summed E-state index contributed by atoms with van der Waals surface area (Å²) < 4.78 is 15.6. The maximum Gasteiger partial charge on any atom is 0.143 e. The summed E-state index contributed by atoms with van der Waals surface area (Å²) >= 11 is 1.86. The molecule has 13 aromatic rings. The fourth-order valence-electron chi connectivity index (χ4n) is 9.50. The maximum absolute atomic E-state index is 6.55. The molecular formula is C58H35NO2S. The van der Waals surface area contributed by atoms with Gasteiger partial charge in [0.1, 0.15) is 22.3 Å². The Morgan fingerprint density at radius 2 is 0.871 bits per heavy atom. The predicted octanol–water partition coefficient (Wildman–Crippen LogP) is 17.5. The lowest BCUT2D eigenvalue weighted by Gasteiger charge is -2.26. The minimum Gasteiger partial charge on any atom is -0.455 e. The van der Waals surface area contributed by atoms with Crippen LogP contribution in [0.15, 0.2) is 221 Å². The number of rotatable bonds is 6. The lowest BCUT2D eigenvalue weighted by molar-refractivity contribution is 0.670. The number of furan rings is 2. The van der Waals surface area contributed by atoms with E-state index in [0.29, 0.717) is 0 Å². The van der Waals surface area contributed by atoms with Crippen LogP contribution in [-0.4, -0.2) is 0 Å². The van der Waals surface area contributed by atoms with Crippen LogP contribution in [0, 0.1) is 0 Å². The average Bonchev–Trinajstić information content (AvgIpc) is 4.04. The third kappa shape index (κ3) is 5.51. The fraction of sp³-hybridized carbons (Fsp3) is 0. The van der Waals surface area contributed by atoms with Gasteiger partial charge in [0.25, 0.3) is 0 Å². The van der Waals surface area contributed by atoms with E-state index in [1.165, 1.54) is 36.7 Å². The van der Waals surface area contributed by atoms with Crippen LogP contribution in [0.2, 0.25) is 0 Å². The van der Waals surface area contributed by atoms with Gasteiger partial charge in [0.15, 0.2) is 0 Å². The van der Waals surface area contributed by atoms with Crippen LogP contribution in [0.25, 0.3) is 108 Å². The molecule has 0 saturated heterocycles. The van der Waals surface area contributed by atoms with E-state index >= 15 is 0 Å². The summed E-state index contributed by atoms with van der Waals surface area (Å²) in [5.74, 6) is 0. The Balaban J connectivity index is 0.905. The van der Waals surface area contributed by atoms with E-state index in [-0.39, 0.29) is 0 Å². The first kappa shape index (κ1) is 34.9. The van der Waals surface area contributed by atoms with Gasteiger partial charge in [0, 0.05) is 69.7 Å². The second kappa shape index (κ2) is 13.8. The summed E-state index contributed by atoms with van der Waals surface area (Å²) in [7, 11) is 0. The summed E-state index contributed by atoms with van der Waals surface area (Å²) in [6, 6.07) is 76.2. The van der Waals surface area contributed by atoms with Gasteiger partial charge >= 0.3 is 0 Å². The smallest absolute Gasteiger partial charge is 0.143 e. The number of hydrogen-bond acceptors (Lipinski definition) is 4. The zero-order valence-corrected chi connectivity index (χ0v) is 34.2. The summed E-state index contributed by atoms with van der Waals surface area (Å²) in [6.07, 6.45) is 0. The first-order valence-corrected chi connectivity index (χ1v) is 21.8. The van der Waals surface area contributed by atoms with Crippen molar-refractivity contribution in [3.05, 3.63) is 212 Å². The van der Waals surface area contributed by atoms with Crippen molar-refractivity contribution < 1.29 is 8.83 Å². The number of nitrogens with zero attached hydrogens (tertiary/aromatic N) is 1. The molecule has 290 valence electrons. The second-order valence-corrected chi connectivity index (χ2v) is 17.1. The lowest BCUT2D eigenvalue weighted by Crippen LogP contribution is -2.09. The monoisotopic (exact) mass is 809 g/mol. The van der Waals surface area contributed by atoms with Gasteiger partial charge in [-0.15, -0.1) is 11.3 Å². The van der Waals surface area contributed by atoms with Crippen molar-refractivity contribution in [2.45, 2.75) is 0 Å². The number of para-hydroxylation sites is 2. The van der Waals surface area contributed by atoms with Crippen molar-refractivity contribution in [2.24, 2.45) is 0 Å². The Labute approximate surface area is 360 Å². The minimum atomic E-state index is 0.893. The number of thiophene rings is 1. The molecule has 0 atom stereocenters. The van der Waals surface area contributed by atoms with Gasteiger partial charge < -0.3 is 13.7 Å². The van der Waals surface area contributed by atoms with Crippen molar-refractivity contribution in [3.63, 3.8) is 0 Å². The largest absolute Gasteiger partial charge is 0.455 e. The highest BCUT2D eigenvalue weighted by Crippen LogP contribution is 2.43. The Kier molecular flexibility index (Phi) is 7.78. The third-order valence-corrected chi connectivity index (χ3v) is 13.6. The summed E-state index contributed by atoms with van der Waals surface area (Å²) in [5.41, 5.74) is 13.7. The quantitative estimate of drug-likeness (QED) is 0.168. The van der Waals surface area contributed by atoms with Crippen LogP contribution < -0.4 is 4.90 Å². The van der Waals surface area contributed by atoms with Gasteiger partial charge in [-0.2, -0.15) is 0 Å². The van der Waals surface area contributed by atoms with Gasteiger partial charge in [-0.25, -0.2) is 0 Å². The molecule has 0 aliphatic carbocycles. The van der Waals surface area contributed by atoms with Crippen molar-refractivity contribution in [1.82, 2.24) is 0 Å². The van der Waals surface area contributed by atoms with Gasteiger partial charge in [-0.05, 0) is 99.9 Å². The number of hydrogen-bond donors (Lipinski definition) is 0. The SMILES string of the molecule is c1ccc2c(c1)ccc1c2oc2cccc(-c3ccc(N(c4ccc(-c5ccc6c(c5)sc5ccccc56)cc4)c4ccc(-c5cccc6c5oc5ccccc56)cc4)cc3)c21. The average molecular weight is 810 g/mol. The maximum atomic E-state index is 6.55. The molecule has 0 aliphatic heterocycles. The molecule has 62 heavy (non-hydrogen) atoms. The lowest BCUT2D eigenvalue weighted by atomic mass is 9.97. The summed E-state index contributed by atoms with van der Waals surface area (Å²) in [5, 5.41) is 9.46. The number of anilines is 3. The molecule has 10 aromatic carbocycles. The summed E-state index contributed by atoms with van der Waals surface area (Å²) in [6.45, 7) is 0. The number of fused-ring (bicyclic) bond motifs is 11. The molecule has 4 heteroatoms.